The molecule has 120 valence electrons. The second kappa shape index (κ2) is 7.02. The molecular weight excluding hydrogens is 350 g/mol. The van der Waals surface area contributed by atoms with Crippen LogP contribution in [-0.2, 0) is 4.79 Å². The highest BCUT2D eigenvalue weighted by atomic mass is 32.2. The maximum atomic E-state index is 12.9. The lowest BCUT2D eigenvalue weighted by molar-refractivity contribution is -0.122. The number of amides is 1. The molecule has 1 heterocycles. The molecule has 0 radical (unpaired) electrons. The minimum absolute atomic E-state index is 0.298. The lowest BCUT2D eigenvalue weighted by atomic mass is 10.2. The van der Waals surface area contributed by atoms with Gasteiger partial charge in [-0.05, 0) is 53.7 Å². The van der Waals surface area contributed by atoms with Crippen LogP contribution in [0.3, 0.4) is 0 Å². The van der Waals surface area contributed by atoms with Crippen molar-refractivity contribution in [2.75, 3.05) is 0 Å². The lowest BCUT2D eigenvalue weighted by Crippen LogP contribution is -2.22. The highest BCUT2D eigenvalue weighted by Crippen LogP contribution is 2.32. The van der Waals surface area contributed by atoms with Gasteiger partial charge in [-0.15, -0.1) is 0 Å². The number of hydrogen-bond acceptors (Lipinski definition) is 4. The van der Waals surface area contributed by atoms with E-state index in [-0.39, 0.29) is 17.5 Å². The fourth-order valence-electron chi connectivity index (χ4n) is 1.94. The molecule has 24 heavy (non-hydrogen) atoms. The summed E-state index contributed by atoms with van der Waals surface area (Å²) in [6.07, 6.45) is 3.07. The molecule has 0 N–H and O–H groups in total. The number of benzene rings is 2. The van der Waals surface area contributed by atoms with Crippen molar-refractivity contribution in [3.8, 4) is 0 Å². The number of thiocarbonyl (C=S) groups is 1. The van der Waals surface area contributed by atoms with Gasteiger partial charge in [-0.2, -0.15) is 10.1 Å². The van der Waals surface area contributed by atoms with Gasteiger partial charge in [-0.1, -0.05) is 36.0 Å². The van der Waals surface area contributed by atoms with E-state index in [9.17, 15) is 13.6 Å². The molecule has 7 heteroatoms. The zero-order valence-corrected chi connectivity index (χ0v) is 13.8. The van der Waals surface area contributed by atoms with Gasteiger partial charge >= 0.3 is 0 Å². The van der Waals surface area contributed by atoms with Gasteiger partial charge in [0.25, 0.3) is 5.91 Å². The van der Waals surface area contributed by atoms with Gasteiger partial charge < -0.3 is 0 Å². The van der Waals surface area contributed by atoms with Crippen molar-refractivity contribution >= 4 is 46.5 Å². The molecule has 1 aliphatic rings. The molecule has 2 aromatic rings. The quantitative estimate of drug-likeness (QED) is 0.467. The summed E-state index contributed by atoms with van der Waals surface area (Å²) in [5.41, 5.74) is 1.34. The van der Waals surface area contributed by atoms with Crippen LogP contribution in [0.4, 0.5) is 8.78 Å². The molecule has 0 aromatic heterocycles. The maximum absolute atomic E-state index is 12.9. The average Bonchev–Trinajstić information content (AvgIpc) is 2.83. The van der Waals surface area contributed by atoms with Gasteiger partial charge in [0.15, 0.2) is 4.32 Å². The number of thioether (sulfide) groups is 1. The van der Waals surface area contributed by atoms with Gasteiger partial charge in [0, 0.05) is 0 Å². The first-order chi connectivity index (χ1) is 11.5. The number of hydrazone groups is 1. The molecular formula is C17H10F2N2OS2. The van der Waals surface area contributed by atoms with Gasteiger partial charge in [0.2, 0.25) is 0 Å². The molecule has 2 aromatic carbocycles. The summed E-state index contributed by atoms with van der Waals surface area (Å²) in [6.45, 7) is 0. The first-order valence-electron chi connectivity index (χ1n) is 6.86. The average molecular weight is 360 g/mol. The fourth-order valence-corrected chi connectivity index (χ4v) is 3.12. The normalized spacial score (nSPS) is 16.6. The summed E-state index contributed by atoms with van der Waals surface area (Å²) in [5, 5.41) is 5.17. The Morgan fingerprint density at radius 2 is 1.50 bits per heavy atom. The summed E-state index contributed by atoms with van der Waals surface area (Å²) in [6, 6.07) is 11.5. The van der Waals surface area contributed by atoms with Crippen LogP contribution in [0.25, 0.3) is 6.08 Å². The van der Waals surface area contributed by atoms with Gasteiger partial charge in [-0.3, -0.25) is 4.79 Å². The largest absolute Gasteiger partial charge is 0.286 e. The number of halogens is 2. The number of nitrogens with zero attached hydrogens (tertiary/aromatic N) is 2. The molecule has 1 amide bonds. The van der Waals surface area contributed by atoms with Gasteiger partial charge in [0.1, 0.15) is 11.6 Å². The van der Waals surface area contributed by atoms with E-state index in [0.717, 1.165) is 16.8 Å². The standard InChI is InChI=1S/C17H10F2N2OS2/c18-13-5-1-11(2-6-13)9-15-16(22)21(17(23)24-15)20-10-12-3-7-14(19)8-4-12/h1-10H. The Balaban J connectivity index is 1.78. The van der Waals surface area contributed by atoms with E-state index in [1.807, 2.05) is 0 Å². The van der Waals surface area contributed by atoms with Crippen LogP contribution in [0, 0.1) is 11.6 Å². The molecule has 1 fully saturated rings. The number of carbonyl (C=O) groups excluding carboxylic acids is 1. The first kappa shape index (κ1) is 16.5. The van der Waals surface area contributed by atoms with E-state index < -0.39 is 0 Å². The van der Waals surface area contributed by atoms with Crippen molar-refractivity contribution in [1.82, 2.24) is 5.01 Å². The maximum Gasteiger partial charge on any atom is 0.286 e. The summed E-state index contributed by atoms with van der Waals surface area (Å²) < 4.78 is 26.1. The number of hydrogen-bond donors (Lipinski definition) is 0. The second-order valence-corrected chi connectivity index (χ2v) is 6.52. The summed E-state index contributed by atoms with van der Waals surface area (Å²) in [7, 11) is 0. The van der Waals surface area contributed by atoms with Crippen molar-refractivity contribution in [3.63, 3.8) is 0 Å². The third-order valence-corrected chi connectivity index (χ3v) is 4.42. The van der Waals surface area contributed by atoms with Crippen molar-refractivity contribution < 1.29 is 13.6 Å². The molecule has 3 rings (SSSR count). The molecule has 0 unspecified atom stereocenters. The van der Waals surface area contributed by atoms with E-state index in [0.29, 0.717) is 20.4 Å². The van der Waals surface area contributed by atoms with Crippen LogP contribution in [0.15, 0.2) is 58.5 Å². The van der Waals surface area contributed by atoms with Crippen molar-refractivity contribution in [3.05, 3.63) is 76.2 Å². The Bertz CT molecular complexity index is 846. The molecule has 0 aliphatic carbocycles. The van der Waals surface area contributed by atoms with E-state index >= 15 is 0 Å². The summed E-state index contributed by atoms with van der Waals surface area (Å²) in [5.74, 6) is -1.05. The van der Waals surface area contributed by atoms with Crippen LogP contribution in [0.1, 0.15) is 11.1 Å². The third-order valence-electron chi connectivity index (χ3n) is 3.13. The Hall–Kier alpha value is -2.38. The summed E-state index contributed by atoms with van der Waals surface area (Å²) >= 11 is 6.28. The van der Waals surface area contributed by atoms with E-state index in [2.05, 4.69) is 5.10 Å². The first-order valence-corrected chi connectivity index (χ1v) is 8.08. The van der Waals surface area contributed by atoms with Gasteiger partial charge in [-0.25, -0.2) is 8.78 Å². The molecule has 0 saturated carbocycles. The molecule has 0 spiro atoms. The van der Waals surface area contributed by atoms with Crippen molar-refractivity contribution in [1.29, 1.82) is 0 Å². The minimum atomic E-state index is -0.354. The molecule has 1 saturated heterocycles. The Morgan fingerprint density at radius 1 is 0.958 bits per heavy atom. The van der Waals surface area contributed by atoms with Crippen LogP contribution in [0.2, 0.25) is 0 Å². The Morgan fingerprint density at radius 3 is 2.08 bits per heavy atom. The SMILES string of the molecule is O=C1C(=Cc2ccc(F)cc2)SC(=S)N1N=Cc1ccc(F)cc1. The van der Waals surface area contributed by atoms with Crippen molar-refractivity contribution in [2.24, 2.45) is 5.10 Å². The van der Waals surface area contributed by atoms with E-state index in [1.165, 1.54) is 30.5 Å². The molecule has 0 bridgehead atoms. The van der Waals surface area contributed by atoms with Crippen molar-refractivity contribution in [2.45, 2.75) is 0 Å². The molecule has 0 atom stereocenters. The van der Waals surface area contributed by atoms with Crippen LogP contribution >= 0.6 is 24.0 Å². The fraction of sp³-hybridized carbons (Fsp3) is 0. The monoisotopic (exact) mass is 360 g/mol. The number of rotatable bonds is 3. The smallest absolute Gasteiger partial charge is 0.266 e. The zero-order valence-electron chi connectivity index (χ0n) is 12.1. The Labute approximate surface area is 146 Å². The summed E-state index contributed by atoms with van der Waals surface area (Å²) in [4.78, 5) is 12.8. The topological polar surface area (TPSA) is 32.7 Å². The van der Waals surface area contributed by atoms with E-state index in [4.69, 9.17) is 12.2 Å². The highest BCUT2D eigenvalue weighted by molar-refractivity contribution is 8.26. The van der Waals surface area contributed by atoms with E-state index in [1.54, 1.807) is 30.3 Å². The van der Waals surface area contributed by atoms with Crippen LogP contribution in [-0.4, -0.2) is 21.5 Å². The zero-order chi connectivity index (χ0) is 17.1. The van der Waals surface area contributed by atoms with Gasteiger partial charge in [0.05, 0.1) is 11.1 Å². The molecule has 3 nitrogen and oxygen atoms in total. The number of carbonyl (C=O) groups is 1. The molecule has 1 aliphatic heterocycles. The second-order valence-electron chi connectivity index (χ2n) is 4.84. The highest BCUT2D eigenvalue weighted by Gasteiger charge is 2.31. The Kier molecular flexibility index (Phi) is 4.82. The predicted octanol–water partition coefficient (Wildman–Crippen LogP) is 4.20. The van der Waals surface area contributed by atoms with Crippen LogP contribution in [0.5, 0.6) is 0 Å². The van der Waals surface area contributed by atoms with Crippen LogP contribution < -0.4 is 0 Å². The third kappa shape index (κ3) is 3.74. The minimum Gasteiger partial charge on any atom is -0.266 e. The predicted molar refractivity (Wildman–Crippen MR) is 95.4 cm³/mol. The lowest BCUT2D eigenvalue weighted by Gasteiger charge is -2.05.